The van der Waals surface area contributed by atoms with E-state index in [0.29, 0.717) is 37.6 Å². The molecule has 2 aliphatic rings. The summed E-state index contributed by atoms with van der Waals surface area (Å²) in [6.07, 6.45) is 7.95. The van der Waals surface area contributed by atoms with Gasteiger partial charge < -0.3 is 19.3 Å². The molecule has 0 saturated carbocycles. The Morgan fingerprint density at radius 3 is 2.69 bits per heavy atom. The van der Waals surface area contributed by atoms with E-state index < -0.39 is 11.9 Å². The summed E-state index contributed by atoms with van der Waals surface area (Å²) >= 11 is 6.51. The zero-order valence-corrected chi connectivity index (χ0v) is 21.4. The summed E-state index contributed by atoms with van der Waals surface area (Å²) in [7, 11) is 2.00. The SMILES string of the molecule is Cn1cncc1CC1=Cc2cccnc2[C@@H](N2CCN(C(=O)OC(C)(C)O)CC2)c2ccc(Cl)cc21. The molecule has 8 nitrogen and oxygen atoms in total. The number of fused-ring (bicyclic) bond motifs is 2. The lowest BCUT2D eigenvalue weighted by Gasteiger charge is -2.39. The van der Waals surface area contributed by atoms with Gasteiger partial charge in [-0.25, -0.2) is 9.78 Å². The van der Waals surface area contributed by atoms with Gasteiger partial charge in [-0.3, -0.25) is 9.88 Å². The first kappa shape index (κ1) is 24.5. The van der Waals surface area contributed by atoms with Crippen LogP contribution in [0.25, 0.3) is 11.6 Å². The van der Waals surface area contributed by atoms with Crippen LogP contribution in [0.4, 0.5) is 4.79 Å². The van der Waals surface area contributed by atoms with Gasteiger partial charge in [0.15, 0.2) is 0 Å². The van der Waals surface area contributed by atoms with E-state index in [4.69, 9.17) is 21.3 Å². The molecule has 1 atom stereocenters. The molecule has 188 valence electrons. The Morgan fingerprint density at radius 1 is 1.22 bits per heavy atom. The van der Waals surface area contributed by atoms with Crippen molar-refractivity contribution in [2.75, 3.05) is 26.2 Å². The lowest BCUT2D eigenvalue weighted by Crippen LogP contribution is -2.51. The molecule has 1 aliphatic carbocycles. The summed E-state index contributed by atoms with van der Waals surface area (Å²) in [5.74, 6) is -1.51. The van der Waals surface area contributed by atoms with Gasteiger partial charge in [0, 0.05) is 76.6 Å². The number of aromatic nitrogens is 3. The Balaban J connectivity index is 1.50. The molecule has 2 aromatic heterocycles. The van der Waals surface area contributed by atoms with Crippen molar-refractivity contribution in [3.63, 3.8) is 0 Å². The molecule has 1 amide bonds. The molecule has 3 heterocycles. The second-order valence-electron chi connectivity index (χ2n) is 9.79. The topological polar surface area (TPSA) is 83.7 Å². The van der Waals surface area contributed by atoms with Crippen LogP contribution < -0.4 is 0 Å². The fraction of sp³-hybridized carbons (Fsp3) is 0.370. The molecule has 9 heteroatoms. The molecule has 1 N–H and O–H groups in total. The standard InChI is InChI=1S/C27H30ClN5O3/c1-27(2,35)36-26(34)33-11-9-32(10-12-33)25-22-7-6-20(28)15-23(22)19(14-21-16-29-17-31(21)3)13-18-5-4-8-30-24(18)25/h4-8,13,15-17,25,35H,9-12,14H2,1-3H3/t25-/m0/s1. The third-order valence-electron chi connectivity index (χ3n) is 6.68. The quantitative estimate of drug-likeness (QED) is 0.534. The Labute approximate surface area is 215 Å². The van der Waals surface area contributed by atoms with Crippen molar-refractivity contribution in [3.05, 3.63) is 82.2 Å². The minimum atomic E-state index is -1.51. The first-order chi connectivity index (χ1) is 17.2. The zero-order chi connectivity index (χ0) is 25.4. The number of nitrogens with zero attached hydrogens (tertiary/aromatic N) is 5. The Morgan fingerprint density at radius 2 is 2.00 bits per heavy atom. The van der Waals surface area contributed by atoms with Crippen molar-refractivity contribution in [2.45, 2.75) is 32.1 Å². The lowest BCUT2D eigenvalue weighted by atomic mass is 9.92. The molecule has 5 rings (SSSR count). The van der Waals surface area contributed by atoms with Crippen LogP contribution in [0.3, 0.4) is 0 Å². The summed E-state index contributed by atoms with van der Waals surface area (Å²) in [6, 6.07) is 10.0. The number of benzene rings is 1. The van der Waals surface area contributed by atoms with Crippen molar-refractivity contribution in [1.82, 2.24) is 24.3 Å². The number of allylic oxidation sites excluding steroid dienone is 1. The van der Waals surface area contributed by atoms with Crippen molar-refractivity contribution in [3.8, 4) is 0 Å². The first-order valence-electron chi connectivity index (χ1n) is 12.0. The van der Waals surface area contributed by atoms with Crippen LogP contribution in [0, 0.1) is 0 Å². The number of ether oxygens (including phenoxy) is 1. The number of pyridine rings is 1. The van der Waals surface area contributed by atoms with Gasteiger partial charge in [0.05, 0.1) is 18.1 Å². The summed E-state index contributed by atoms with van der Waals surface area (Å²) in [4.78, 5) is 25.6. The molecular weight excluding hydrogens is 478 g/mol. The molecule has 1 saturated heterocycles. The van der Waals surface area contributed by atoms with Crippen LogP contribution in [-0.2, 0) is 18.2 Å². The summed E-state index contributed by atoms with van der Waals surface area (Å²) in [6.45, 7) is 5.17. The van der Waals surface area contributed by atoms with E-state index in [-0.39, 0.29) is 6.04 Å². The number of rotatable bonds is 4. The maximum Gasteiger partial charge on any atom is 0.412 e. The monoisotopic (exact) mass is 507 g/mol. The van der Waals surface area contributed by atoms with Crippen LogP contribution in [-0.4, -0.2) is 67.5 Å². The molecule has 0 spiro atoms. The molecule has 3 aromatic rings. The van der Waals surface area contributed by atoms with Crippen molar-refractivity contribution in [2.24, 2.45) is 7.05 Å². The Kier molecular flexibility index (Phi) is 6.59. The number of hydrogen-bond acceptors (Lipinski definition) is 6. The van der Waals surface area contributed by atoms with Gasteiger partial charge in [-0.05, 0) is 46.5 Å². The van der Waals surface area contributed by atoms with Gasteiger partial charge in [-0.1, -0.05) is 23.7 Å². The number of amides is 1. The van der Waals surface area contributed by atoms with Gasteiger partial charge in [0.1, 0.15) is 0 Å². The lowest BCUT2D eigenvalue weighted by molar-refractivity contribution is -0.140. The average Bonchev–Trinajstić information content (AvgIpc) is 3.18. The summed E-state index contributed by atoms with van der Waals surface area (Å²) in [5, 5.41) is 10.6. The highest BCUT2D eigenvalue weighted by Crippen LogP contribution is 2.41. The van der Waals surface area contributed by atoms with Crippen molar-refractivity contribution < 1.29 is 14.6 Å². The van der Waals surface area contributed by atoms with E-state index >= 15 is 0 Å². The molecule has 0 radical (unpaired) electrons. The molecule has 0 bridgehead atoms. The molecule has 1 aromatic carbocycles. The van der Waals surface area contributed by atoms with Gasteiger partial charge in [-0.15, -0.1) is 0 Å². The molecule has 1 aliphatic heterocycles. The molecular formula is C27H30ClN5O3. The predicted molar refractivity (Wildman–Crippen MR) is 138 cm³/mol. The fourth-order valence-electron chi connectivity index (χ4n) is 4.95. The van der Waals surface area contributed by atoms with Crippen molar-refractivity contribution >= 4 is 29.3 Å². The highest BCUT2D eigenvalue weighted by atomic mass is 35.5. The molecule has 1 fully saturated rings. The van der Waals surface area contributed by atoms with E-state index in [1.54, 1.807) is 4.90 Å². The van der Waals surface area contributed by atoms with Gasteiger partial charge in [0.2, 0.25) is 5.79 Å². The third-order valence-corrected chi connectivity index (χ3v) is 6.91. The van der Waals surface area contributed by atoms with E-state index in [1.165, 1.54) is 13.8 Å². The van der Waals surface area contributed by atoms with Crippen molar-refractivity contribution in [1.29, 1.82) is 0 Å². The number of aliphatic hydroxyl groups is 1. The van der Waals surface area contributed by atoms with Crippen LogP contribution in [0.5, 0.6) is 0 Å². The minimum absolute atomic E-state index is 0.0961. The number of piperazine rings is 1. The highest BCUT2D eigenvalue weighted by molar-refractivity contribution is 6.30. The number of hydrogen-bond donors (Lipinski definition) is 1. The van der Waals surface area contributed by atoms with Crippen LogP contribution in [0.1, 0.15) is 48.0 Å². The van der Waals surface area contributed by atoms with Crippen LogP contribution >= 0.6 is 11.6 Å². The number of carbonyl (C=O) groups is 1. The van der Waals surface area contributed by atoms with E-state index in [2.05, 4.69) is 28.1 Å². The maximum atomic E-state index is 12.5. The average molecular weight is 508 g/mol. The maximum absolute atomic E-state index is 12.5. The number of aryl methyl sites for hydroxylation is 1. The van der Waals surface area contributed by atoms with Gasteiger partial charge in [0.25, 0.3) is 0 Å². The highest BCUT2D eigenvalue weighted by Gasteiger charge is 2.34. The fourth-order valence-corrected chi connectivity index (χ4v) is 5.12. The first-order valence-corrected chi connectivity index (χ1v) is 12.4. The normalized spacial score (nSPS) is 18.2. The van der Waals surface area contributed by atoms with Gasteiger partial charge in [-0.2, -0.15) is 0 Å². The smallest absolute Gasteiger partial charge is 0.412 e. The van der Waals surface area contributed by atoms with Gasteiger partial charge >= 0.3 is 6.09 Å². The molecule has 0 unspecified atom stereocenters. The largest absolute Gasteiger partial charge is 0.418 e. The number of imidazole rings is 1. The third kappa shape index (κ3) is 5.02. The Bertz CT molecular complexity index is 1300. The summed E-state index contributed by atoms with van der Waals surface area (Å²) < 4.78 is 7.19. The van der Waals surface area contributed by atoms with E-state index in [1.807, 2.05) is 48.5 Å². The zero-order valence-electron chi connectivity index (χ0n) is 20.7. The summed E-state index contributed by atoms with van der Waals surface area (Å²) in [5.41, 5.74) is 6.54. The minimum Gasteiger partial charge on any atom is -0.418 e. The predicted octanol–water partition coefficient (Wildman–Crippen LogP) is 4.14. The van der Waals surface area contributed by atoms with Crippen LogP contribution in [0.2, 0.25) is 5.02 Å². The Hall–Kier alpha value is -3.20. The number of carbonyl (C=O) groups excluding carboxylic acids is 1. The molecule has 36 heavy (non-hydrogen) atoms. The second kappa shape index (κ2) is 9.69. The number of halogens is 1. The van der Waals surface area contributed by atoms with E-state index in [0.717, 1.165) is 33.7 Å². The second-order valence-corrected chi connectivity index (χ2v) is 10.2. The van der Waals surface area contributed by atoms with E-state index in [9.17, 15) is 9.90 Å². The van der Waals surface area contributed by atoms with Crippen LogP contribution in [0.15, 0.2) is 49.1 Å².